The summed E-state index contributed by atoms with van der Waals surface area (Å²) in [7, 11) is -2.82. The molecule has 1 aromatic carbocycles. The number of rotatable bonds is 2. The van der Waals surface area contributed by atoms with Crippen LogP contribution in [0, 0.1) is 0 Å². The van der Waals surface area contributed by atoms with Crippen LogP contribution in [0.5, 0.6) is 0 Å². The van der Waals surface area contributed by atoms with Crippen molar-refractivity contribution in [1.82, 2.24) is 14.9 Å². The van der Waals surface area contributed by atoms with Crippen molar-refractivity contribution >= 4 is 26.6 Å². The molecule has 0 unspecified atom stereocenters. The molecule has 2 fully saturated rings. The number of anilines is 1. The van der Waals surface area contributed by atoms with Gasteiger partial charge in [-0.25, -0.2) is 18.4 Å². The highest BCUT2D eigenvalue weighted by molar-refractivity contribution is 7.91. The fraction of sp³-hybridized carbons (Fsp3) is 0.500. The molecule has 2 aliphatic heterocycles. The van der Waals surface area contributed by atoms with E-state index in [-0.39, 0.29) is 6.04 Å². The minimum Gasteiger partial charge on any atom is -0.353 e. The maximum Gasteiger partial charge on any atom is 0.151 e. The predicted molar refractivity (Wildman–Crippen MR) is 90.4 cm³/mol. The van der Waals surface area contributed by atoms with Gasteiger partial charge in [-0.15, -0.1) is 0 Å². The van der Waals surface area contributed by atoms with E-state index in [0.717, 1.165) is 49.3 Å². The SMILES string of the molecule is O=S1(=O)CC[C@@H](N2CCN(c3ncnc4ccccc34)CC2)C1. The summed E-state index contributed by atoms with van der Waals surface area (Å²) in [5.74, 6) is 1.65. The van der Waals surface area contributed by atoms with Crippen molar-refractivity contribution in [1.29, 1.82) is 0 Å². The molecule has 0 radical (unpaired) electrons. The third kappa shape index (κ3) is 2.90. The van der Waals surface area contributed by atoms with Crippen LogP contribution in [0.2, 0.25) is 0 Å². The normalized spacial score (nSPS) is 25.0. The third-order valence-corrected chi connectivity index (χ3v) is 6.61. The molecule has 1 aromatic heterocycles. The molecule has 0 N–H and O–H groups in total. The molecular formula is C16H20N4O2S. The number of aromatic nitrogens is 2. The van der Waals surface area contributed by atoms with Crippen molar-refractivity contribution in [3.8, 4) is 0 Å². The lowest BCUT2D eigenvalue weighted by molar-refractivity contribution is 0.200. The average Bonchev–Trinajstić information content (AvgIpc) is 2.94. The van der Waals surface area contributed by atoms with Crippen LogP contribution in [0.1, 0.15) is 6.42 Å². The molecular weight excluding hydrogens is 312 g/mol. The van der Waals surface area contributed by atoms with Gasteiger partial charge in [0.2, 0.25) is 0 Å². The fourth-order valence-corrected chi connectivity index (χ4v) is 5.37. The molecule has 3 heterocycles. The first-order valence-electron chi connectivity index (χ1n) is 8.01. The molecule has 0 amide bonds. The lowest BCUT2D eigenvalue weighted by Crippen LogP contribution is -2.51. The van der Waals surface area contributed by atoms with Gasteiger partial charge in [0.15, 0.2) is 9.84 Å². The third-order valence-electron chi connectivity index (χ3n) is 4.86. The summed E-state index contributed by atoms with van der Waals surface area (Å²) in [6, 6.07) is 8.25. The van der Waals surface area contributed by atoms with Gasteiger partial charge in [0.05, 0.1) is 17.0 Å². The first-order chi connectivity index (χ1) is 11.1. The van der Waals surface area contributed by atoms with Crippen LogP contribution in [-0.4, -0.2) is 67.0 Å². The zero-order valence-electron chi connectivity index (χ0n) is 12.9. The van der Waals surface area contributed by atoms with Crippen molar-refractivity contribution < 1.29 is 8.42 Å². The highest BCUT2D eigenvalue weighted by Crippen LogP contribution is 2.25. The van der Waals surface area contributed by atoms with Gasteiger partial charge in [-0.3, -0.25) is 4.90 Å². The summed E-state index contributed by atoms with van der Waals surface area (Å²) in [6.07, 6.45) is 2.40. The minimum atomic E-state index is -2.82. The maximum absolute atomic E-state index is 11.7. The zero-order chi connectivity index (χ0) is 15.9. The van der Waals surface area contributed by atoms with Crippen molar-refractivity contribution in [3.05, 3.63) is 30.6 Å². The summed E-state index contributed by atoms with van der Waals surface area (Å²) < 4.78 is 23.3. The van der Waals surface area contributed by atoms with Crippen LogP contribution in [0.15, 0.2) is 30.6 Å². The molecule has 0 bridgehead atoms. The van der Waals surface area contributed by atoms with Crippen molar-refractivity contribution in [2.45, 2.75) is 12.5 Å². The number of piperazine rings is 1. The largest absolute Gasteiger partial charge is 0.353 e. The highest BCUT2D eigenvalue weighted by atomic mass is 32.2. The highest BCUT2D eigenvalue weighted by Gasteiger charge is 2.33. The van der Waals surface area contributed by atoms with Gasteiger partial charge in [0, 0.05) is 37.6 Å². The van der Waals surface area contributed by atoms with Gasteiger partial charge < -0.3 is 4.90 Å². The van der Waals surface area contributed by atoms with E-state index in [1.54, 1.807) is 6.33 Å². The standard InChI is InChI=1S/C16H20N4O2S/c21-23(22)10-5-13(11-23)19-6-8-20(9-7-19)16-14-3-1-2-4-15(14)17-12-18-16/h1-4,12-13H,5-11H2/t13-/m1/s1. The molecule has 6 nitrogen and oxygen atoms in total. The van der Waals surface area contributed by atoms with Gasteiger partial charge in [-0.2, -0.15) is 0 Å². The minimum absolute atomic E-state index is 0.198. The molecule has 4 rings (SSSR count). The first-order valence-corrected chi connectivity index (χ1v) is 9.84. The Kier molecular flexibility index (Phi) is 3.69. The Morgan fingerprint density at radius 1 is 1.04 bits per heavy atom. The van der Waals surface area contributed by atoms with Crippen LogP contribution < -0.4 is 4.90 Å². The fourth-order valence-electron chi connectivity index (χ4n) is 3.60. The van der Waals surface area contributed by atoms with Gasteiger partial charge in [0.25, 0.3) is 0 Å². The van der Waals surface area contributed by atoms with Crippen molar-refractivity contribution in [2.24, 2.45) is 0 Å². The number of hydrogen-bond donors (Lipinski definition) is 0. The van der Waals surface area contributed by atoms with Gasteiger partial charge in [0.1, 0.15) is 12.1 Å². The van der Waals surface area contributed by atoms with Crippen molar-refractivity contribution in [2.75, 3.05) is 42.6 Å². The van der Waals surface area contributed by atoms with Gasteiger partial charge in [-0.1, -0.05) is 12.1 Å². The van der Waals surface area contributed by atoms with E-state index >= 15 is 0 Å². The van der Waals surface area contributed by atoms with E-state index in [0.29, 0.717) is 11.5 Å². The second kappa shape index (κ2) is 5.72. The van der Waals surface area contributed by atoms with Crippen molar-refractivity contribution in [3.63, 3.8) is 0 Å². The number of sulfone groups is 1. The van der Waals surface area contributed by atoms with Crippen LogP contribution in [0.25, 0.3) is 10.9 Å². The summed E-state index contributed by atoms with van der Waals surface area (Å²) in [5, 5.41) is 1.08. The number of benzene rings is 1. The Morgan fingerprint density at radius 2 is 1.83 bits per heavy atom. The smallest absolute Gasteiger partial charge is 0.151 e. The van der Waals surface area contributed by atoms with Gasteiger partial charge in [-0.05, 0) is 18.6 Å². The monoisotopic (exact) mass is 332 g/mol. The van der Waals surface area contributed by atoms with E-state index in [1.807, 2.05) is 18.2 Å². The summed E-state index contributed by atoms with van der Waals surface area (Å²) in [4.78, 5) is 13.4. The lowest BCUT2D eigenvalue weighted by atomic mass is 10.1. The number of fused-ring (bicyclic) bond motifs is 1. The topological polar surface area (TPSA) is 66.4 Å². The number of para-hydroxylation sites is 1. The molecule has 2 saturated heterocycles. The second-order valence-corrected chi connectivity index (χ2v) is 8.52. The van der Waals surface area contributed by atoms with E-state index in [9.17, 15) is 8.42 Å². The predicted octanol–water partition coefficient (Wildman–Crippen LogP) is 0.939. The molecule has 1 atom stereocenters. The average molecular weight is 332 g/mol. The quantitative estimate of drug-likeness (QED) is 0.815. The summed E-state index contributed by atoms with van der Waals surface area (Å²) in [5.41, 5.74) is 0.960. The number of nitrogens with zero attached hydrogens (tertiary/aromatic N) is 4. The molecule has 122 valence electrons. The lowest BCUT2D eigenvalue weighted by Gasteiger charge is -2.38. The molecule has 7 heteroatoms. The summed E-state index contributed by atoms with van der Waals surface area (Å²) >= 11 is 0. The Labute approximate surface area is 136 Å². The Balaban J connectivity index is 1.49. The van der Waals surface area contributed by atoms with E-state index < -0.39 is 9.84 Å². The molecule has 23 heavy (non-hydrogen) atoms. The Hall–Kier alpha value is -1.73. The molecule has 2 aromatic rings. The van der Waals surface area contributed by atoms with E-state index in [2.05, 4.69) is 25.8 Å². The van der Waals surface area contributed by atoms with Crippen LogP contribution in [0.3, 0.4) is 0 Å². The van der Waals surface area contributed by atoms with E-state index in [4.69, 9.17) is 0 Å². The van der Waals surface area contributed by atoms with Crippen LogP contribution in [0.4, 0.5) is 5.82 Å². The molecule has 0 spiro atoms. The molecule has 0 saturated carbocycles. The van der Waals surface area contributed by atoms with Crippen LogP contribution in [-0.2, 0) is 9.84 Å². The second-order valence-electron chi connectivity index (χ2n) is 6.29. The Morgan fingerprint density at radius 3 is 2.57 bits per heavy atom. The van der Waals surface area contributed by atoms with E-state index in [1.165, 1.54) is 0 Å². The molecule has 0 aliphatic carbocycles. The molecule has 2 aliphatic rings. The van der Waals surface area contributed by atoms with Gasteiger partial charge >= 0.3 is 0 Å². The maximum atomic E-state index is 11.7. The zero-order valence-corrected chi connectivity index (χ0v) is 13.7. The number of hydrogen-bond acceptors (Lipinski definition) is 6. The Bertz CT molecular complexity index is 810. The first kappa shape index (κ1) is 14.8. The summed E-state index contributed by atoms with van der Waals surface area (Å²) in [6.45, 7) is 3.52. The van der Waals surface area contributed by atoms with Crippen LogP contribution >= 0.6 is 0 Å².